The molecule has 0 unspecified atom stereocenters. The van der Waals surface area contributed by atoms with Crippen LogP contribution < -0.4 is 10.9 Å². The molecule has 0 bridgehead atoms. The molecule has 0 amide bonds. The number of H-pyrrole nitrogens is 1. The molecule has 0 aromatic carbocycles. The summed E-state index contributed by atoms with van der Waals surface area (Å²) in [6, 6.07) is 0. The molecule has 0 aliphatic carbocycles. The van der Waals surface area contributed by atoms with Gasteiger partial charge in [0.1, 0.15) is 0 Å². The van der Waals surface area contributed by atoms with Crippen LogP contribution in [0.2, 0.25) is 0 Å². The van der Waals surface area contributed by atoms with Gasteiger partial charge in [0.2, 0.25) is 6.43 Å². The third kappa shape index (κ3) is 3.18. The van der Waals surface area contributed by atoms with Gasteiger partial charge in [0.15, 0.2) is 5.82 Å². The van der Waals surface area contributed by atoms with Gasteiger partial charge in [-0.1, -0.05) is 0 Å². The smallest absolute Gasteiger partial charge is 0.290 e. The van der Waals surface area contributed by atoms with E-state index in [2.05, 4.69) is 15.3 Å². The predicted octanol–water partition coefficient (Wildman–Crippen LogP) is 0.837. The third-order valence-corrected chi connectivity index (χ3v) is 1.36. The van der Waals surface area contributed by atoms with E-state index in [0.717, 1.165) is 0 Å². The van der Waals surface area contributed by atoms with Crippen LogP contribution in [0.25, 0.3) is 0 Å². The van der Waals surface area contributed by atoms with Gasteiger partial charge in [-0.3, -0.25) is 4.79 Å². The number of aromatic amines is 1. The second kappa shape index (κ2) is 4.54. The van der Waals surface area contributed by atoms with Gasteiger partial charge in [0.25, 0.3) is 5.56 Å². The fourth-order valence-electron chi connectivity index (χ4n) is 0.777. The van der Waals surface area contributed by atoms with Crippen molar-refractivity contribution >= 4 is 5.82 Å². The fourth-order valence-corrected chi connectivity index (χ4v) is 0.777. The molecule has 0 aliphatic heterocycles. The van der Waals surface area contributed by atoms with E-state index in [9.17, 15) is 13.6 Å². The number of rotatable bonds is 4. The number of nitrogens with zero attached hydrogens (tertiary/aromatic N) is 1. The highest BCUT2D eigenvalue weighted by atomic mass is 19.3. The molecule has 13 heavy (non-hydrogen) atoms. The van der Waals surface area contributed by atoms with Crippen LogP contribution in [0.3, 0.4) is 0 Å². The van der Waals surface area contributed by atoms with Crippen molar-refractivity contribution in [2.24, 2.45) is 0 Å². The van der Waals surface area contributed by atoms with Gasteiger partial charge in [-0.15, -0.1) is 0 Å². The molecule has 4 nitrogen and oxygen atoms in total. The summed E-state index contributed by atoms with van der Waals surface area (Å²) in [5, 5.41) is 2.51. The first kappa shape index (κ1) is 9.63. The van der Waals surface area contributed by atoms with Crippen LogP contribution in [0.1, 0.15) is 6.42 Å². The van der Waals surface area contributed by atoms with Gasteiger partial charge in [-0.25, -0.2) is 13.8 Å². The zero-order valence-electron chi connectivity index (χ0n) is 6.76. The van der Waals surface area contributed by atoms with Crippen molar-refractivity contribution in [3.05, 3.63) is 22.7 Å². The predicted molar refractivity (Wildman–Crippen MR) is 44.0 cm³/mol. The van der Waals surface area contributed by atoms with Crippen LogP contribution >= 0.6 is 0 Å². The molecule has 0 atom stereocenters. The van der Waals surface area contributed by atoms with Crippen LogP contribution in [0.5, 0.6) is 0 Å². The normalized spacial score (nSPS) is 10.4. The zero-order chi connectivity index (χ0) is 9.68. The van der Waals surface area contributed by atoms with Crippen molar-refractivity contribution in [3.63, 3.8) is 0 Å². The maximum atomic E-state index is 11.7. The summed E-state index contributed by atoms with van der Waals surface area (Å²) in [6.45, 7) is 0.0394. The van der Waals surface area contributed by atoms with Gasteiger partial charge in [0.05, 0.1) is 0 Å². The van der Waals surface area contributed by atoms with E-state index in [1.165, 1.54) is 12.4 Å². The molecule has 0 spiro atoms. The van der Waals surface area contributed by atoms with Crippen LogP contribution in [0.4, 0.5) is 14.6 Å². The molecule has 0 saturated heterocycles. The zero-order valence-corrected chi connectivity index (χ0v) is 6.76. The molecular formula is C7H9F2N3O. The molecule has 72 valence electrons. The quantitative estimate of drug-likeness (QED) is 0.737. The van der Waals surface area contributed by atoms with Crippen molar-refractivity contribution in [3.8, 4) is 0 Å². The topological polar surface area (TPSA) is 57.8 Å². The summed E-state index contributed by atoms with van der Waals surface area (Å²) < 4.78 is 23.4. The number of halogens is 2. The highest BCUT2D eigenvalue weighted by Crippen LogP contribution is 1.98. The van der Waals surface area contributed by atoms with Gasteiger partial charge >= 0.3 is 0 Å². The maximum Gasteiger partial charge on any atom is 0.290 e. The van der Waals surface area contributed by atoms with Crippen LogP contribution in [-0.2, 0) is 0 Å². The van der Waals surface area contributed by atoms with E-state index >= 15 is 0 Å². The molecule has 1 rings (SSSR count). The fraction of sp³-hybridized carbons (Fsp3) is 0.429. The molecule has 0 radical (unpaired) electrons. The summed E-state index contributed by atoms with van der Waals surface area (Å²) in [4.78, 5) is 17.0. The van der Waals surface area contributed by atoms with Gasteiger partial charge < -0.3 is 10.3 Å². The molecule has 1 heterocycles. The monoisotopic (exact) mass is 189 g/mol. The lowest BCUT2D eigenvalue weighted by molar-refractivity contribution is 0.142. The average molecular weight is 189 g/mol. The van der Waals surface area contributed by atoms with E-state index in [4.69, 9.17) is 0 Å². The molecule has 0 fully saturated rings. The number of hydrogen-bond donors (Lipinski definition) is 2. The lowest BCUT2D eigenvalue weighted by Crippen LogP contribution is -2.17. The van der Waals surface area contributed by atoms with E-state index in [0.29, 0.717) is 0 Å². The minimum absolute atomic E-state index is 0.0394. The molecule has 1 aromatic rings. The molecule has 0 saturated carbocycles. The average Bonchev–Trinajstić information content (AvgIpc) is 2.08. The number of hydrogen-bond acceptors (Lipinski definition) is 3. The summed E-state index contributed by atoms with van der Waals surface area (Å²) >= 11 is 0. The maximum absolute atomic E-state index is 11.7. The Morgan fingerprint density at radius 1 is 1.62 bits per heavy atom. The molecule has 2 N–H and O–H groups in total. The molecule has 6 heteroatoms. The number of aromatic nitrogens is 2. The summed E-state index contributed by atoms with van der Waals surface area (Å²) in [6.07, 6.45) is 0.0956. The van der Waals surface area contributed by atoms with Gasteiger partial charge in [-0.2, -0.15) is 0 Å². The third-order valence-electron chi connectivity index (χ3n) is 1.36. The first-order valence-electron chi connectivity index (χ1n) is 3.76. The summed E-state index contributed by atoms with van der Waals surface area (Å²) in [5.74, 6) is 0.0724. The summed E-state index contributed by atoms with van der Waals surface area (Å²) in [5.41, 5.74) is -0.406. The largest absolute Gasteiger partial charge is 0.365 e. The Bertz CT molecular complexity index is 313. The highest BCUT2D eigenvalue weighted by molar-refractivity contribution is 5.29. The second-order valence-electron chi connectivity index (χ2n) is 2.37. The Hall–Kier alpha value is -1.46. The lowest BCUT2D eigenvalue weighted by Gasteiger charge is -2.02. The Morgan fingerprint density at radius 2 is 2.38 bits per heavy atom. The number of alkyl halides is 2. The van der Waals surface area contributed by atoms with Gasteiger partial charge in [0, 0.05) is 25.4 Å². The standard InChI is InChI=1S/C7H9F2N3O/c8-5(9)1-2-10-6-7(13)12-4-3-11-6/h3-5H,1-2H2,(H,10,11)(H,12,13). The van der Waals surface area contributed by atoms with Crippen molar-refractivity contribution in [2.45, 2.75) is 12.8 Å². The summed E-state index contributed by atoms with van der Waals surface area (Å²) in [7, 11) is 0. The van der Waals surface area contributed by atoms with Crippen molar-refractivity contribution < 1.29 is 8.78 Å². The van der Waals surface area contributed by atoms with E-state index < -0.39 is 12.0 Å². The van der Waals surface area contributed by atoms with Crippen molar-refractivity contribution in [1.82, 2.24) is 9.97 Å². The highest BCUT2D eigenvalue weighted by Gasteiger charge is 2.03. The van der Waals surface area contributed by atoms with E-state index in [1.54, 1.807) is 0 Å². The molecular weight excluding hydrogens is 180 g/mol. The van der Waals surface area contributed by atoms with Crippen molar-refractivity contribution in [2.75, 3.05) is 11.9 Å². The Morgan fingerprint density at radius 3 is 3.00 bits per heavy atom. The van der Waals surface area contributed by atoms with Crippen LogP contribution in [0, 0.1) is 0 Å². The Balaban J connectivity index is 2.46. The molecule has 0 aliphatic rings. The molecule has 1 aromatic heterocycles. The van der Waals surface area contributed by atoms with Crippen LogP contribution in [-0.4, -0.2) is 22.9 Å². The minimum atomic E-state index is -2.37. The van der Waals surface area contributed by atoms with Gasteiger partial charge in [-0.05, 0) is 0 Å². The first-order valence-corrected chi connectivity index (χ1v) is 3.76. The first-order chi connectivity index (χ1) is 6.20. The lowest BCUT2D eigenvalue weighted by atomic mass is 10.4. The number of anilines is 1. The van der Waals surface area contributed by atoms with E-state index in [-0.39, 0.29) is 18.8 Å². The van der Waals surface area contributed by atoms with Crippen molar-refractivity contribution in [1.29, 1.82) is 0 Å². The Kier molecular flexibility index (Phi) is 3.36. The second-order valence-corrected chi connectivity index (χ2v) is 2.37. The SMILES string of the molecule is O=c1[nH]ccnc1NCCC(F)F. The number of nitrogens with one attached hydrogen (secondary N) is 2. The van der Waals surface area contributed by atoms with E-state index in [1.807, 2.05) is 0 Å². The Labute approximate surface area is 73.0 Å². The minimum Gasteiger partial charge on any atom is -0.365 e. The van der Waals surface area contributed by atoms with Crippen LogP contribution in [0.15, 0.2) is 17.2 Å².